The van der Waals surface area contributed by atoms with E-state index in [0.717, 1.165) is 22.0 Å². The summed E-state index contributed by atoms with van der Waals surface area (Å²) < 4.78 is 20.4. The molecule has 3 aromatic rings. The zero-order valence-corrected chi connectivity index (χ0v) is 16.3. The molecule has 152 valence electrons. The number of amides is 4. The Morgan fingerprint density at radius 3 is 2.50 bits per heavy atom. The standard InChI is InChI=1S/C22H18FN3O4/c1-13-10-15(14(2)26(13)17-7-5-16(23)6-8-17)11-19-20(27)24-22(29)25(21(19)28)12-18-4-3-9-30-18/h3-11H,12H2,1-2H3,(H,24,27,29)/b19-11-. The molecule has 4 rings (SSSR count). The van der Waals surface area contributed by atoms with Gasteiger partial charge >= 0.3 is 6.03 Å². The molecule has 1 N–H and O–H groups in total. The zero-order valence-electron chi connectivity index (χ0n) is 16.3. The van der Waals surface area contributed by atoms with Crippen molar-refractivity contribution in [1.29, 1.82) is 0 Å². The van der Waals surface area contributed by atoms with Crippen molar-refractivity contribution in [3.63, 3.8) is 0 Å². The van der Waals surface area contributed by atoms with Gasteiger partial charge in [0, 0.05) is 17.1 Å². The van der Waals surface area contributed by atoms with Gasteiger partial charge in [-0.25, -0.2) is 9.18 Å². The van der Waals surface area contributed by atoms with Crippen LogP contribution in [0, 0.1) is 19.7 Å². The van der Waals surface area contributed by atoms with Crippen LogP contribution in [-0.4, -0.2) is 27.3 Å². The molecule has 7 nitrogen and oxygen atoms in total. The Bertz CT molecular complexity index is 1170. The molecule has 0 bridgehead atoms. The summed E-state index contributed by atoms with van der Waals surface area (Å²) in [7, 11) is 0. The van der Waals surface area contributed by atoms with Gasteiger partial charge in [-0.3, -0.25) is 19.8 Å². The minimum atomic E-state index is -0.796. The first kappa shape index (κ1) is 19.4. The molecule has 30 heavy (non-hydrogen) atoms. The van der Waals surface area contributed by atoms with Crippen molar-refractivity contribution in [2.24, 2.45) is 0 Å². The highest BCUT2D eigenvalue weighted by Crippen LogP contribution is 2.24. The molecule has 1 fully saturated rings. The van der Waals surface area contributed by atoms with Crippen molar-refractivity contribution in [3.8, 4) is 5.69 Å². The number of aryl methyl sites for hydroxylation is 1. The van der Waals surface area contributed by atoms with Crippen LogP contribution in [0.4, 0.5) is 9.18 Å². The summed E-state index contributed by atoms with van der Waals surface area (Å²) in [5.41, 5.74) is 2.85. The first-order chi connectivity index (χ1) is 14.3. The number of benzene rings is 1. The Morgan fingerprint density at radius 2 is 1.83 bits per heavy atom. The van der Waals surface area contributed by atoms with Crippen LogP contribution in [0.5, 0.6) is 0 Å². The predicted molar refractivity (Wildman–Crippen MR) is 106 cm³/mol. The van der Waals surface area contributed by atoms with Gasteiger partial charge in [0.25, 0.3) is 11.8 Å². The van der Waals surface area contributed by atoms with E-state index < -0.39 is 17.8 Å². The number of imide groups is 2. The lowest BCUT2D eigenvalue weighted by Gasteiger charge is -2.25. The molecular weight excluding hydrogens is 389 g/mol. The van der Waals surface area contributed by atoms with Gasteiger partial charge in [-0.05, 0) is 68.0 Å². The highest BCUT2D eigenvalue weighted by atomic mass is 19.1. The zero-order chi connectivity index (χ0) is 21.4. The fraction of sp³-hybridized carbons (Fsp3) is 0.136. The monoisotopic (exact) mass is 407 g/mol. The number of furan rings is 1. The summed E-state index contributed by atoms with van der Waals surface area (Å²) in [4.78, 5) is 38.3. The Labute approximate surface area is 171 Å². The van der Waals surface area contributed by atoms with Gasteiger partial charge in [0.15, 0.2) is 0 Å². The third kappa shape index (κ3) is 3.43. The first-order valence-corrected chi connectivity index (χ1v) is 9.21. The minimum Gasteiger partial charge on any atom is -0.467 e. The van der Waals surface area contributed by atoms with Crippen LogP contribution in [-0.2, 0) is 16.1 Å². The smallest absolute Gasteiger partial charge is 0.331 e. The largest absolute Gasteiger partial charge is 0.467 e. The number of hydrogen-bond acceptors (Lipinski definition) is 4. The summed E-state index contributed by atoms with van der Waals surface area (Å²) in [5, 5.41) is 2.19. The number of nitrogens with one attached hydrogen (secondary N) is 1. The van der Waals surface area contributed by atoms with Crippen LogP contribution < -0.4 is 5.32 Å². The number of hydrogen-bond donors (Lipinski definition) is 1. The molecule has 4 amide bonds. The molecule has 1 aliphatic rings. The molecule has 0 saturated carbocycles. The average Bonchev–Trinajstić information content (AvgIpc) is 3.31. The molecule has 0 radical (unpaired) electrons. The third-order valence-corrected chi connectivity index (χ3v) is 4.93. The lowest BCUT2D eigenvalue weighted by atomic mass is 10.1. The molecule has 8 heteroatoms. The van der Waals surface area contributed by atoms with Gasteiger partial charge < -0.3 is 8.98 Å². The van der Waals surface area contributed by atoms with Crippen LogP contribution in [0.25, 0.3) is 11.8 Å². The van der Waals surface area contributed by atoms with Gasteiger partial charge in [0.05, 0.1) is 12.8 Å². The van der Waals surface area contributed by atoms with Crippen molar-refractivity contribution in [3.05, 3.63) is 82.8 Å². The van der Waals surface area contributed by atoms with Crippen LogP contribution >= 0.6 is 0 Å². The molecule has 1 aromatic carbocycles. The number of carbonyl (C=O) groups excluding carboxylic acids is 3. The van der Waals surface area contributed by atoms with Gasteiger partial charge in [-0.2, -0.15) is 0 Å². The topological polar surface area (TPSA) is 84.6 Å². The maximum Gasteiger partial charge on any atom is 0.331 e. The van der Waals surface area contributed by atoms with Crippen molar-refractivity contribution in [1.82, 2.24) is 14.8 Å². The molecule has 0 unspecified atom stereocenters. The average molecular weight is 407 g/mol. The third-order valence-electron chi connectivity index (χ3n) is 4.93. The van der Waals surface area contributed by atoms with E-state index in [-0.39, 0.29) is 17.9 Å². The van der Waals surface area contributed by atoms with Crippen molar-refractivity contribution < 1.29 is 23.2 Å². The number of carbonyl (C=O) groups is 3. The van der Waals surface area contributed by atoms with E-state index in [1.165, 1.54) is 24.5 Å². The molecule has 1 aliphatic heterocycles. The van der Waals surface area contributed by atoms with Gasteiger partial charge in [0.1, 0.15) is 17.2 Å². The van der Waals surface area contributed by atoms with Crippen molar-refractivity contribution >= 4 is 23.9 Å². The maximum absolute atomic E-state index is 13.3. The normalized spacial score (nSPS) is 15.8. The summed E-state index contributed by atoms with van der Waals surface area (Å²) >= 11 is 0. The Balaban J connectivity index is 1.70. The van der Waals surface area contributed by atoms with E-state index in [1.54, 1.807) is 24.3 Å². The molecule has 0 aliphatic carbocycles. The van der Waals surface area contributed by atoms with Crippen LogP contribution in [0.1, 0.15) is 22.7 Å². The van der Waals surface area contributed by atoms with E-state index in [2.05, 4.69) is 5.32 Å². The van der Waals surface area contributed by atoms with Crippen molar-refractivity contribution in [2.75, 3.05) is 0 Å². The first-order valence-electron chi connectivity index (χ1n) is 9.21. The Morgan fingerprint density at radius 1 is 1.10 bits per heavy atom. The van der Waals surface area contributed by atoms with E-state index in [1.807, 2.05) is 24.5 Å². The fourth-order valence-electron chi connectivity index (χ4n) is 3.47. The second kappa shape index (κ2) is 7.47. The van der Waals surface area contributed by atoms with Crippen molar-refractivity contribution in [2.45, 2.75) is 20.4 Å². The van der Waals surface area contributed by atoms with Gasteiger partial charge in [-0.1, -0.05) is 0 Å². The molecule has 3 heterocycles. The van der Waals surface area contributed by atoms with Gasteiger partial charge in [-0.15, -0.1) is 0 Å². The molecule has 0 spiro atoms. The van der Waals surface area contributed by atoms with Crippen LogP contribution in [0.15, 0.2) is 58.7 Å². The highest BCUT2D eigenvalue weighted by molar-refractivity contribution is 6.31. The summed E-state index contributed by atoms with van der Waals surface area (Å²) in [6, 6.07) is 10.3. The molecule has 2 aromatic heterocycles. The number of barbiturate groups is 1. The van der Waals surface area contributed by atoms with E-state index >= 15 is 0 Å². The van der Waals surface area contributed by atoms with Gasteiger partial charge in [0.2, 0.25) is 0 Å². The minimum absolute atomic E-state index is 0.0864. The molecule has 1 saturated heterocycles. The molecular formula is C22H18FN3O4. The fourth-order valence-corrected chi connectivity index (χ4v) is 3.47. The lowest BCUT2D eigenvalue weighted by molar-refractivity contribution is -0.130. The summed E-state index contributed by atoms with van der Waals surface area (Å²) in [6.45, 7) is 3.62. The number of urea groups is 1. The number of halogens is 1. The Kier molecular flexibility index (Phi) is 4.83. The second-order valence-electron chi connectivity index (χ2n) is 6.93. The maximum atomic E-state index is 13.3. The molecule has 0 atom stereocenters. The predicted octanol–water partition coefficient (Wildman–Crippen LogP) is 3.49. The lowest BCUT2D eigenvalue weighted by Crippen LogP contribution is -2.53. The van der Waals surface area contributed by atoms with E-state index in [0.29, 0.717) is 11.3 Å². The van der Waals surface area contributed by atoms with E-state index in [4.69, 9.17) is 4.42 Å². The SMILES string of the molecule is Cc1cc(/C=C2/C(=O)NC(=O)N(Cc3ccco3)C2=O)c(C)n1-c1ccc(F)cc1. The summed E-state index contributed by atoms with van der Waals surface area (Å²) in [5.74, 6) is -1.38. The van der Waals surface area contributed by atoms with Crippen LogP contribution in [0.3, 0.4) is 0 Å². The summed E-state index contributed by atoms with van der Waals surface area (Å²) in [6.07, 6.45) is 2.90. The Hall–Kier alpha value is -3.94. The van der Waals surface area contributed by atoms with E-state index in [9.17, 15) is 18.8 Å². The van der Waals surface area contributed by atoms with Crippen LogP contribution in [0.2, 0.25) is 0 Å². The highest BCUT2D eigenvalue weighted by Gasteiger charge is 2.36. The number of rotatable bonds is 4. The quantitative estimate of drug-likeness (QED) is 0.530. The second-order valence-corrected chi connectivity index (χ2v) is 6.93. The number of aromatic nitrogens is 1. The number of nitrogens with zero attached hydrogens (tertiary/aromatic N) is 2.